The smallest absolute Gasteiger partial charge is 0.305 e. The number of aliphatic hydroxyl groups excluding tert-OH is 4. The molecule has 7 atom stereocenters. The molecule has 408 valence electrons. The number of hydrogen-bond acceptors (Lipinski definition) is 20. The van der Waals surface area contributed by atoms with Crippen LogP contribution in [0.4, 0.5) is 0 Å². The number of carbonyl (C=O) groups excluding carboxylic acids is 6. The van der Waals surface area contributed by atoms with Crippen LogP contribution in [0.3, 0.4) is 0 Å². The summed E-state index contributed by atoms with van der Waals surface area (Å²) >= 11 is 1.37. The first-order valence-electron chi connectivity index (χ1n) is 24.0. The Labute approximate surface area is 416 Å². The maximum atomic E-state index is 12.8. The van der Waals surface area contributed by atoms with E-state index in [4.69, 9.17) is 58.3 Å². The summed E-state index contributed by atoms with van der Waals surface area (Å²) in [6.45, 7) is 5.66. The van der Waals surface area contributed by atoms with E-state index >= 15 is 0 Å². The number of likely N-dealkylation sites (tertiary alicyclic amines) is 1. The molecular weight excluding hydrogens is 947 g/mol. The van der Waals surface area contributed by atoms with Crippen LogP contribution in [0.1, 0.15) is 111 Å². The molecule has 1 heterocycles. The van der Waals surface area contributed by atoms with Gasteiger partial charge in [0.1, 0.15) is 13.2 Å². The summed E-state index contributed by atoms with van der Waals surface area (Å²) in [6.07, 6.45) is 2.89. The first-order chi connectivity index (χ1) is 33.5. The minimum Gasteiger partial charge on any atom is -0.481 e. The van der Waals surface area contributed by atoms with Gasteiger partial charge in [-0.15, -0.1) is 11.8 Å². The number of carbonyl (C=O) groups is 7. The van der Waals surface area contributed by atoms with Gasteiger partial charge in [0.25, 0.3) is 0 Å². The van der Waals surface area contributed by atoms with Crippen LogP contribution in [0.25, 0.3) is 0 Å². The molecule has 7 unspecified atom stereocenters. The number of nitrogens with zero attached hydrogens (tertiary/aromatic N) is 1. The maximum Gasteiger partial charge on any atom is 0.305 e. The molecule has 24 heteroatoms. The van der Waals surface area contributed by atoms with E-state index in [9.17, 15) is 38.7 Å². The van der Waals surface area contributed by atoms with Crippen molar-refractivity contribution in [2.24, 2.45) is 11.8 Å². The highest BCUT2D eigenvalue weighted by Crippen LogP contribution is 2.32. The molecule has 2 aliphatic rings. The fourth-order valence-electron chi connectivity index (χ4n) is 6.72. The number of aliphatic hydroxyl groups is 4. The van der Waals surface area contributed by atoms with Crippen LogP contribution in [0.15, 0.2) is 0 Å². The second-order valence-corrected chi connectivity index (χ2v) is 17.6. The first kappa shape index (κ1) is 66.4. The van der Waals surface area contributed by atoms with Gasteiger partial charge in [0, 0.05) is 85.2 Å². The second-order valence-electron chi connectivity index (χ2n) is 16.3. The zero-order valence-corrected chi connectivity index (χ0v) is 43.0. The molecule has 0 aromatic heterocycles. The number of ether oxygens (including phenoxy) is 8. The Bertz CT molecular complexity index is 1450. The third kappa shape index (κ3) is 29.7. The lowest BCUT2D eigenvalue weighted by atomic mass is 9.81. The molecule has 7 N–H and O–H groups in total. The predicted molar refractivity (Wildman–Crippen MR) is 254 cm³/mol. The van der Waals surface area contributed by atoms with Gasteiger partial charge in [0.15, 0.2) is 18.9 Å². The summed E-state index contributed by atoms with van der Waals surface area (Å²) in [6, 6.07) is 0. The zero-order valence-electron chi connectivity index (χ0n) is 42.2. The number of thioether (sulfide) groups is 1. The van der Waals surface area contributed by atoms with Crippen molar-refractivity contribution < 1.29 is 97.0 Å². The predicted octanol–water partition coefficient (Wildman–Crippen LogP) is 1.27. The molecule has 0 aromatic carbocycles. The fraction of sp³-hybridized carbons (Fsp3) is 0.848. The lowest BCUT2D eigenvalue weighted by Crippen LogP contribution is -2.38. The number of esters is 2. The number of hydrogen-bond donors (Lipinski definition) is 7. The minimum atomic E-state index is -0.945. The third-order valence-corrected chi connectivity index (χ3v) is 12.3. The largest absolute Gasteiger partial charge is 0.481 e. The highest BCUT2D eigenvalue weighted by atomic mass is 32.2. The molecule has 0 bridgehead atoms. The van der Waals surface area contributed by atoms with Crippen LogP contribution in [0, 0.1) is 11.8 Å². The van der Waals surface area contributed by atoms with Gasteiger partial charge in [0.05, 0.1) is 50.0 Å². The van der Waals surface area contributed by atoms with E-state index in [2.05, 4.69) is 10.6 Å². The summed E-state index contributed by atoms with van der Waals surface area (Å²) < 4.78 is 40.8. The molecule has 0 radical (unpaired) electrons. The van der Waals surface area contributed by atoms with Crippen LogP contribution in [-0.2, 0) is 71.5 Å². The van der Waals surface area contributed by atoms with E-state index in [0.717, 1.165) is 25.7 Å². The normalized spacial score (nSPS) is 19.2. The maximum absolute atomic E-state index is 12.8. The number of nitrogens with one attached hydrogen (secondary N) is 2. The van der Waals surface area contributed by atoms with Gasteiger partial charge in [-0.1, -0.05) is 20.8 Å². The van der Waals surface area contributed by atoms with Crippen molar-refractivity contribution in [3.8, 4) is 0 Å². The van der Waals surface area contributed by atoms with Crippen molar-refractivity contribution in [1.29, 1.82) is 0 Å². The summed E-state index contributed by atoms with van der Waals surface area (Å²) in [7, 11) is 5.92. The minimum absolute atomic E-state index is 0.0129. The Hall–Kier alpha value is -3.56. The van der Waals surface area contributed by atoms with Gasteiger partial charge in [-0.25, -0.2) is 0 Å². The second kappa shape index (κ2) is 41.0. The number of methoxy groups -OCH3 is 3. The fourth-order valence-corrected chi connectivity index (χ4v) is 7.75. The summed E-state index contributed by atoms with van der Waals surface area (Å²) in [5, 5.41) is 49.0. The summed E-state index contributed by atoms with van der Waals surface area (Å²) in [5.41, 5.74) is 0. The van der Waals surface area contributed by atoms with Gasteiger partial charge < -0.3 is 74.1 Å². The average molecular weight is 1030 g/mol. The van der Waals surface area contributed by atoms with Gasteiger partial charge in [-0.2, -0.15) is 0 Å². The van der Waals surface area contributed by atoms with Crippen LogP contribution >= 0.6 is 11.8 Å². The Morgan fingerprint density at radius 1 is 0.686 bits per heavy atom. The van der Waals surface area contributed by atoms with Crippen LogP contribution in [0.2, 0.25) is 0 Å². The number of carboxylic acids is 1. The lowest BCUT2D eigenvalue weighted by Gasteiger charge is -2.29. The van der Waals surface area contributed by atoms with Crippen molar-refractivity contribution in [1.82, 2.24) is 15.5 Å². The van der Waals surface area contributed by atoms with E-state index in [1.807, 2.05) is 20.8 Å². The Balaban J connectivity index is 0.00000130. The number of imide groups is 1. The lowest BCUT2D eigenvalue weighted by molar-refractivity contribution is -0.194. The highest BCUT2D eigenvalue weighted by molar-refractivity contribution is 8.00. The van der Waals surface area contributed by atoms with Crippen molar-refractivity contribution in [3.63, 3.8) is 0 Å². The molecule has 1 aliphatic heterocycles. The molecule has 2 fully saturated rings. The quantitative estimate of drug-likeness (QED) is 0.0203. The van der Waals surface area contributed by atoms with E-state index in [-0.39, 0.29) is 126 Å². The standard InChI is InChI=1S/C27H45N3O9S.C12H22O7.C7H16O4/c1-4-20(16-31)39-25(37-3)17-38-24(34)7-5-6-22(32)29-12-13-40-21-14-23(33)30(27(21)36)15-18-8-10-19(11-9-18)26(35)28-2;1-3-9(7-13)19-12(17-2)8-18-11(16)6-4-5-10(14)15;1-3-6(4-8)11-7(5-9)10-2/h18-21,25,31H,4-17H2,1-3H3,(H,28,35)(H,29,32);9,12-13H,3-8H2,1-2H3,(H,14,15);6-9H,3-5H2,1-2H3. The van der Waals surface area contributed by atoms with Gasteiger partial charge in [-0.3, -0.25) is 38.5 Å². The number of aliphatic carboxylic acids is 1. The first-order valence-corrected chi connectivity index (χ1v) is 25.0. The Morgan fingerprint density at radius 3 is 1.57 bits per heavy atom. The van der Waals surface area contributed by atoms with Crippen molar-refractivity contribution >= 4 is 53.3 Å². The highest BCUT2D eigenvalue weighted by Gasteiger charge is 2.40. The van der Waals surface area contributed by atoms with E-state index in [0.29, 0.717) is 44.5 Å². The Morgan fingerprint density at radius 2 is 1.16 bits per heavy atom. The molecular formula is C46H83N3O20S. The van der Waals surface area contributed by atoms with Crippen molar-refractivity contribution in [3.05, 3.63) is 0 Å². The summed E-state index contributed by atoms with van der Waals surface area (Å²) in [4.78, 5) is 84.1. The SMILES string of the molecule is CCC(CO)OC(CO)OC.CCC(CO)OC(COC(=O)CCCC(=O)NCCSC1CC(=O)N(CC2CCC(C(=O)NC)CC2)C1=O)OC.CCC(CO)OC(COC(=O)CCCC(=O)O)OC. The van der Waals surface area contributed by atoms with Crippen LogP contribution < -0.4 is 10.6 Å². The summed E-state index contributed by atoms with van der Waals surface area (Å²) in [5.74, 6) is -1.66. The van der Waals surface area contributed by atoms with Gasteiger partial charge in [0.2, 0.25) is 23.6 Å². The number of rotatable bonds is 35. The topological polar surface area (TPSA) is 322 Å². The molecule has 4 amide bonds. The van der Waals surface area contributed by atoms with Crippen LogP contribution in [-0.4, -0.2) is 201 Å². The zero-order chi connectivity index (χ0) is 52.9. The third-order valence-electron chi connectivity index (χ3n) is 11.1. The van der Waals surface area contributed by atoms with Gasteiger partial charge in [-0.05, 0) is 63.7 Å². The molecule has 0 spiro atoms. The molecule has 23 nitrogen and oxygen atoms in total. The molecule has 0 aromatic rings. The van der Waals surface area contributed by atoms with E-state index in [1.165, 1.54) is 38.0 Å². The van der Waals surface area contributed by atoms with E-state index < -0.39 is 48.1 Å². The van der Waals surface area contributed by atoms with E-state index in [1.54, 1.807) is 7.05 Å². The molecule has 1 aliphatic carbocycles. The molecule has 1 saturated heterocycles. The monoisotopic (exact) mass is 1030 g/mol. The average Bonchev–Trinajstić information content (AvgIpc) is 3.63. The Kier molecular flexibility index (Phi) is 38.9. The van der Waals surface area contributed by atoms with Crippen molar-refractivity contribution in [2.45, 2.75) is 153 Å². The van der Waals surface area contributed by atoms with Gasteiger partial charge >= 0.3 is 17.9 Å². The number of amides is 4. The molecule has 1 saturated carbocycles. The van der Waals surface area contributed by atoms with Crippen LogP contribution in [0.5, 0.6) is 0 Å². The molecule has 70 heavy (non-hydrogen) atoms. The number of carboxylic acid groups (broad SMARTS) is 1. The molecule has 2 rings (SSSR count). The van der Waals surface area contributed by atoms with Crippen molar-refractivity contribution in [2.75, 3.05) is 86.9 Å².